The van der Waals surface area contributed by atoms with Crippen molar-refractivity contribution in [1.29, 1.82) is 0 Å². The SMILES string of the molecule is Cc1noc(-c2ccc(C)c(NC(=O)c3cccc(N4CCNC4=O)c3)c2)n1. The van der Waals surface area contributed by atoms with E-state index in [1.54, 1.807) is 36.1 Å². The minimum atomic E-state index is -0.261. The number of anilines is 2. The lowest BCUT2D eigenvalue weighted by Crippen LogP contribution is -2.27. The van der Waals surface area contributed by atoms with Gasteiger partial charge in [0.2, 0.25) is 0 Å². The van der Waals surface area contributed by atoms with Crippen molar-refractivity contribution in [3.8, 4) is 11.5 Å². The van der Waals surface area contributed by atoms with Gasteiger partial charge in [-0.05, 0) is 49.7 Å². The number of carbonyl (C=O) groups is 2. The molecular formula is C20H19N5O3. The Morgan fingerprint density at radius 2 is 2.07 bits per heavy atom. The summed E-state index contributed by atoms with van der Waals surface area (Å²) < 4.78 is 5.20. The molecule has 3 amide bonds. The highest BCUT2D eigenvalue weighted by Crippen LogP contribution is 2.25. The number of rotatable bonds is 4. The van der Waals surface area contributed by atoms with Gasteiger partial charge in [-0.25, -0.2) is 4.79 Å². The van der Waals surface area contributed by atoms with Crippen LogP contribution in [0.2, 0.25) is 0 Å². The number of hydrogen-bond donors (Lipinski definition) is 2. The molecule has 142 valence electrons. The van der Waals surface area contributed by atoms with Crippen LogP contribution in [-0.4, -0.2) is 35.2 Å². The minimum Gasteiger partial charge on any atom is -0.336 e. The first-order chi connectivity index (χ1) is 13.5. The average Bonchev–Trinajstić information content (AvgIpc) is 3.32. The Morgan fingerprint density at radius 1 is 1.21 bits per heavy atom. The van der Waals surface area contributed by atoms with E-state index in [4.69, 9.17) is 4.52 Å². The molecule has 8 heteroatoms. The molecule has 0 spiro atoms. The van der Waals surface area contributed by atoms with Gasteiger partial charge in [0, 0.05) is 35.6 Å². The Bertz CT molecular complexity index is 1060. The lowest BCUT2D eigenvalue weighted by molar-refractivity contribution is 0.102. The number of aryl methyl sites for hydroxylation is 2. The number of nitrogens with zero attached hydrogens (tertiary/aromatic N) is 3. The van der Waals surface area contributed by atoms with Crippen molar-refractivity contribution in [2.45, 2.75) is 13.8 Å². The van der Waals surface area contributed by atoms with Crippen molar-refractivity contribution in [2.24, 2.45) is 0 Å². The molecule has 0 radical (unpaired) electrons. The molecule has 1 aromatic heterocycles. The summed E-state index contributed by atoms with van der Waals surface area (Å²) in [5, 5.41) is 9.48. The van der Waals surface area contributed by atoms with Gasteiger partial charge in [0.15, 0.2) is 5.82 Å². The topological polar surface area (TPSA) is 100 Å². The van der Waals surface area contributed by atoms with Gasteiger partial charge in [0.1, 0.15) is 0 Å². The Morgan fingerprint density at radius 3 is 2.79 bits per heavy atom. The number of aromatic nitrogens is 2. The molecule has 4 rings (SSSR count). The monoisotopic (exact) mass is 377 g/mol. The molecule has 1 saturated heterocycles. The fraction of sp³-hybridized carbons (Fsp3) is 0.200. The fourth-order valence-corrected chi connectivity index (χ4v) is 3.03. The third-order valence-electron chi connectivity index (χ3n) is 4.54. The molecule has 8 nitrogen and oxygen atoms in total. The zero-order valence-corrected chi connectivity index (χ0v) is 15.5. The van der Waals surface area contributed by atoms with Gasteiger partial charge in [0.25, 0.3) is 11.8 Å². The van der Waals surface area contributed by atoms with Crippen LogP contribution >= 0.6 is 0 Å². The fourth-order valence-electron chi connectivity index (χ4n) is 3.03. The third kappa shape index (κ3) is 3.44. The second-order valence-electron chi connectivity index (χ2n) is 6.56. The molecule has 1 aliphatic heterocycles. The maximum atomic E-state index is 12.8. The normalized spacial score (nSPS) is 13.5. The van der Waals surface area contributed by atoms with Crippen molar-refractivity contribution in [3.63, 3.8) is 0 Å². The van der Waals surface area contributed by atoms with E-state index < -0.39 is 0 Å². The van der Waals surface area contributed by atoms with Crippen LogP contribution < -0.4 is 15.5 Å². The molecule has 3 aromatic rings. The Balaban J connectivity index is 1.58. The maximum Gasteiger partial charge on any atom is 0.321 e. The molecule has 0 saturated carbocycles. The van der Waals surface area contributed by atoms with E-state index in [-0.39, 0.29) is 11.9 Å². The summed E-state index contributed by atoms with van der Waals surface area (Å²) in [5.41, 5.74) is 3.44. The predicted molar refractivity (Wildman–Crippen MR) is 104 cm³/mol. The van der Waals surface area contributed by atoms with Crippen LogP contribution in [0.25, 0.3) is 11.5 Å². The molecule has 0 unspecified atom stereocenters. The lowest BCUT2D eigenvalue weighted by Gasteiger charge is -2.15. The van der Waals surface area contributed by atoms with Crippen LogP contribution in [0.3, 0.4) is 0 Å². The highest BCUT2D eigenvalue weighted by molar-refractivity contribution is 6.06. The van der Waals surface area contributed by atoms with E-state index in [1.807, 2.05) is 25.1 Å². The number of amides is 3. The van der Waals surface area contributed by atoms with E-state index >= 15 is 0 Å². The van der Waals surface area contributed by atoms with Crippen molar-refractivity contribution in [1.82, 2.24) is 15.5 Å². The summed E-state index contributed by atoms with van der Waals surface area (Å²) in [6.07, 6.45) is 0. The molecule has 1 fully saturated rings. The van der Waals surface area contributed by atoms with E-state index in [2.05, 4.69) is 20.8 Å². The second kappa shape index (κ2) is 7.15. The van der Waals surface area contributed by atoms with E-state index in [0.717, 1.165) is 11.1 Å². The zero-order chi connectivity index (χ0) is 19.7. The van der Waals surface area contributed by atoms with E-state index in [9.17, 15) is 9.59 Å². The van der Waals surface area contributed by atoms with Crippen LogP contribution in [-0.2, 0) is 0 Å². The molecule has 28 heavy (non-hydrogen) atoms. The summed E-state index contributed by atoms with van der Waals surface area (Å²) in [5.74, 6) is 0.683. The van der Waals surface area contributed by atoms with Gasteiger partial charge in [-0.1, -0.05) is 17.3 Å². The summed E-state index contributed by atoms with van der Waals surface area (Å²) in [7, 11) is 0. The quantitative estimate of drug-likeness (QED) is 0.727. The predicted octanol–water partition coefficient (Wildman–Crippen LogP) is 3.14. The van der Waals surface area contributed by atoms with Crippen LogP contribution in [0.1, 0.15) is 21.7 Å². The van der Waals surface area contributed by atoms with Gasteiger partial charge in [-0.2, -0.15) is 4.98 Å². The van der Waals surface area contributed by atoms with Crippen molar-refractivity contribution < 1.29 is 14.1 Å². The van der Waals surface area contributed by atoms with E-state index in [1.165, 1.54) is 0 Å². The average molecular weight is 377 g/mol. The molecular weight excluding hydrogens is 358 g/mol. The van der Waals surface area contributed by atoms with Gasteiger partial charge in [-0.15, -0.1) is 0 Å². The molecule has 1 aliphatic rings. The van der Waals surface area contributed by atoms with E-state index in [0.29, 0.717) is 41.7 Å². The van der Waals surface area contributed by atoms with Crippen molar-refractivity contribution in [2.75, 3.05) is 23.3 Å². The summed E-state index contributed by atoms with van der Waals surface area (Å²) in [6, 6.07) is 12.4. The van der Waals surface area contributed by atoms with Gasteiger partial charge in [0.05, 0.1) is 0 Å². The molecule has 2 heterocycles. The second-order valence-corrected chi connectivity index (χ2v) is 6.56. The largest absolute Gasteiger partial charge is 0.336 e. The van der Waals surface area contributed by atoms with Crippen LogP contribution in [0.4, 0.5) is 16.2 Å². The number of hydrogen-bond acceptors (Lipinski definition) is 5. The first kappa shape index (κ1) is 17.7. The van der Waals surface area contributed by atoms with Gasteiger partial charge < -0.3 is 15.2 Å². The Kier molecular flexibility index (Phi) is 4.52. The number of nitrogens with one attached hydrogen (secondary N) is 2. The van der Waals surface area contributed by atoms with Gasteiger partial charge in [-0.3, -0.25) is 9.69 Å². The smallest absolute Gasteiger partial charge is 0.321 e. The molecule has 2 N–H and O–H groups in total. The highest BCUT2D eigenvalue weighted by atomic mass is 16.5. The first-order valence-electron chi connectivity index (χ1n) is 8.89. The molecule has 0 bridgehead atoms. The lowest BCUT2D eigenvalue weighted by atomic mass is 10.1. The van der Waals surface area contributed by atoms with Crippen molar-refractivity contribution >= 4 is 23.3 Å². The third-order valence-corrected chi connectivity index (χ3v) is 4.54. The van der Waals surface area contributed by atoms with Crippen LogP contribution in [0.15, 0.2) is 47.0 Å². The zero-order valence-electron chi connectivity index (χ0n) is 15.5. The molecule has 2 aromatic carbocycles. The molecule has 0 atom stereocenters. The summed E-state index contributed by atoms with van der Waals surface area (Å²) in [6.45, 7) is 4.83. The number of benzene rings is 2. The summed E-state index contributed by atoms with van der Waals surface area (Å²) in [4.78, 5) is 30.5. The number of carbonyl (C=O) groups excluding carboxylic acids is 2. The number of urea groups is 1. The maximum absolute atomic E-state index is 12.8. The van der Waals surface area contributed by atoms with Crippen molar-refractivity contribution in [3.05, 3.63) is 59.4 Å². The van der Waals surface area contributed by atoms with Crippen LogP contribution in [0.5, 0.6) is 0 Å². The Labute approximate surface area is 161 Å². The molecule has 0 aliphatic carbocycles. The Hall–Kier alpha value is -3.68. The first-order valence-corrected chi connectivity index (χ1v) is 8.89. The highest BCUT2D eigenvalue weighted by Gasteiger charge is 2.22. The van der Waals surface area contributed by atoms with Crippen LogP contribution in [0, 0.1) is 13.8 Å². The summed E-state index contributed by atoms with van der Waals surface area (Å²) >= 11 is 0. The minimum absolute atomic E-state index is 0.157. The van der Waals surface area contributed by atoms with Gasteiger partial charge >= 0.3 is 6.03 Å². The standard InChI is InChI=1S/C20H19N5O3/c1-12-6-7-15(19-22-13(2)24-28-19)11-17(12)23-18(26)14-4-3-5-16(10-14)25-9-8-21-20(25)27/h3-7,10-11H,8-9H2,1-2H3,(H,21,27)(H,23,26).